The van der Waals surface area contributed by atoms with Gasteiger partial charge in [-0.1, -0.05) is 0 Å². The molecule has 1 aromatic carbocycles. The van der Waals surface area contributed by atoms with Crippen molar-refractivity contribution in [3.8, 4) is 11.5 Å². The quantitative estimate of drug-likeness (QED) is 0.802. The molecule has 23 heavy (non-hydrogen) atoms. The van der Waals surface area contributed by atoms with Gasteiger partial charge >= 0.3 is 0 Å². The van der Waals surface area contributed by atoms with Gasteiger partial charge in [-0.05, 0) is 6.42 Å². The van der Waals surface area contributed by atoms with Crippen LogP contribution >= 0.6 is 0 Å². The van der Waals surface area contributed by atoms with Gasteiger partial charge in [-0.3, -0.25) is 9.69 Å². The molecule has 0 unspecified atom stereocenters. The Morgan fingerprint density at radius 3 is 2.96 bits per heavy atom. The third kappa shape index (κ3) is 3.80. The van der Waals surface area contributed by atoms with Crippen molar-refractivity contribution in [2.75, 3.05) is 46.6 Å². The summed E-state index contributed by atoms with van der Waals surface area (Å²) >= 11 is 0. The Kier molecular flexibility index (Phi) is 5.09. The number of ether oxygens (including phenoxy) is 3. The largest absolute Gasteiger partial charge is 0.496 e. The van der Waals surface area contributed by atoms with Gasteiger partial charge in [0.1, 0.15) is 16.9 Å². The molecule has 2 aromatic rings. The van der Waals surface area contributed by atoms with Gasteiger partial charge in [0.25, 0.3) is 5.56 Å². The van der Waals surface area contributed by atoms with E-state index in [0.717, 1.165) is 39.3 Å². The molecule has 124 valence electrons. The van der Waals surface area contributed by atoms with Crippen molar-refractivity contribution in [2.24, 2.45) is 0 Å². The predicted molar refractivity (Wildman–Crippen MR) is 86.3 cm³/mol. The molecule has 1 fully saturated rings. The zero-order valence-electron chi connectivity index (χ0n) is 13.2. The number of methoxy groups -OCH3 is 1. The molecule has 1 aliphatic rings. The maximum atomic E-state index is 11.9. The number of nitrogens with zero attached hydrogens (tertiary/aromatic N) is 2. The van der Waals surface area contributed by atoms with Gasteiger partial charge in [-0.15, -0.1) is 0 Å². The minimum atomic E-state index is -0.217. The molecule has 0 radical (unpaired) electrons. The summed E-state index contributed by atoms with van der Waals surface area (Å²) in [5.41, 5.74) is 0.349. The average molecular weight is 319 g/mol. The molecule has 0 aliphatic carbocycles. The number of fused-ring (bicyclic) bond motifs is 1. The minimum Gasteiger partial charge on any atom is -0.496 e. The molecule has 0 amide bonds. The normalized spacial score (nSPS) is 15.7. The molecular weight excluding hydrogens is 298 g/mol. The molecule has 0 atom stereocenters. The van der Waals surface area contributed by atoms with Crippen LogP contribution in [-0.2, 0) is 4.74 Å². The Balaban J connectivity index is 1.62. The molecular formula is C16H21N3O4. The number of rotatable bonds is 6. The van der Waals surface area contributed by atoms with Crippen LogP contribution in [0.5, 0.6) is 11.5 Å². The maximum absolute atomic E-state index is 11.9. The molecule has 3 rings (SSSR count). The highest BCUT2D eigenvalue weighted by Crippen LogP contribution is 2.27. The van der Waals surface area contributed by atoms with E-state index in [4.69, 9.17) is 14.2 Å². The van der Waals surface area contributed by atoms with Crippen LogP contribution in [0.25, 0.3) is 10.9 Å². The Bertz CT molecular complexity index is 710. The molecule has 1 saturated heterocycles. The summed E-state index contributed by atoms with van der Waals surface area (Å²) in [5, 5.41) is 0.440. The van der Waals surface area contributed by atoms with Gasteiger partial charge in [0, 0.05) is 31.8 Å². The second kappa shape index (κ2) is 7.43. The Morgan fingerprint density at radius 1 is 1.35 bits per heavy atom. The van der Waals surface area contributed by atoms with Gasteiger partial charge in [-0.25, -0.2) is 4.98 Å². The summed E-state index contributed by atoms with van der Waals surface area (Å²) in [5.74, 6) is 1.13. The Morgan fingerprint density at radius 2 is 2.17 bits per heavy atom. The molecule has 0 bridgehead atoms. The van der Waals surface area contributed by atoms with Crippen LogP contribution < -0.4 is 15.0 Å². The second-order valence-corrected chi connectivity index (χ2v) is 5.41. The van der Waals surface area contributed by atoms with E-state index in [-0.39, 0.29) is 5.56 Å². The lowest BCUT2D eigenvalue weighted by molar-refractivity contribution is 0.0358. The molecule has 0 spiro atoms. The number of hydrogen-bond donors (Lipinski definition) is 1. The first kappa shape index (κ1) is 15.8. The topological polar surface area (TPSA) is 76.7 Å². The van der Waals surface area contributed by atoms with Gasteiger partial charge in [-0.2, -0.15) is 0 Å². The van der Waals surface area contributed by atoms with Gasteiger partial charge in [0.05, 0.1) is 38.8 Å². The zero-order chi connectivity index (χ0) is 16.1. The van der Waals surface area contributed by atoms with E-state index in [0.29, 0.717) is 29.0 Å². The molecule has 1 N–H and O–H groups in total. The van der Waals surface area contributed by atoms with Crippen molar-refractivity contribution in [2.45, 2.75) is 6.42 Å². The van der Waals surface area contributed by atoms with E-state index in [1.54, 1.807) is 12.1 Å². The highest BCUT2D eigenvalue weighted by molar-refractivity contribution is 5.85. The Hall–Kier alpha value is -2.12. The van der Waals surface area contributed by atoms with Crippen LogP contribution in [0.3, 0.4) is 0 Å². The first-order valence-corrected chi connectivity index (χ1v) is 7.76. The van der Waals surface area contributed by atoms with Crippen LogP contribution in [0.1, 0.15) is 6.42 Å². The fraction of sp³-hybridized carbons (Fsp3) is 0.500. The lowest BCUT2D eigenvalue weighted by Crippen LogP contribution is -2.37. The molecule has 7 heteroatoms. The number of aromatic nitrogens is 2. The molecule has 1 aromatic heterocycles. The first-order valence-electron chi connectivity index (χ1n) is 7.76. The number of morpholine rings is 1. The third-order valence-corrected chi connectivity index (χ3v) is 3.89. The van der Waals surface area contributed by atoms with Crippen LogP contribution in [-0.4, -0.2) is 61.4 Å². The fourth-order valence-corrected chi connectivity index (χ4v) is 2.69. The number of nitrogens with one attached hydrogen (secondary N) is 1. The lowest BCUT2D eigenvalue weighted by atomic mass is 10.2. The highest BCUT2D eigenvalue weighted by Gasteiger charge is 2.11. The van der Waals surface area contributed by atoms with E-state index in [9.17, 15) is 4.79 Å². The van der Waals surface area contributed by atoms with Crippen molar-refractivity contribution in [3.63, 3.8) is 0 Å². The number of H-pyrrole nitrogens is 1. The van der Waals surface area contributed by atoms with E-state index in [2.05, 4.69) is 14.9 Å². The van der Waals surface area contributed by atoms with E-state index >= 15 is 0 Å². The molecule has 1 aliphatic heterocycles. The standard InChI is InChI=1S/C16H21N3O4/c1-21-14-10-12(9-13-15(14)16(20)18-11-17-13)23-6-2-3-19-4-7-22-8-5-19/h9-11H,2-8H2,1H3,(H,17,18,20). The predicted octanol–water partition coefficient (Wildman–Crippen LogP) is 1.03. The summed E-state index contributed by atoms with van der Waals surface area (Å²) in [6.45, 7) is 5.18. The van der Waals surface area contributed by atoms with Gasteiger partial charge in [0.15, 0.2) is 0 Å². The van der Waals surface area contributed by atoms with Gasteiger partial charge in [0.2, 0.25) is 0 Å². The first-order chi connectivity index (χ1) is 11.3. The smallest absolute Gasteiger partial charge is 0.262 e. The summed E-state index contributed by atoms with van der Waals surface area (Å²) in [6, 6.07) is 3.50. The van der Waals surface area contributed by atoms with Crippen molar-refractivity contribution < 1.29 is 14.2 Å². The summed E-state index contributed by atoms with van der Waals surface area (Å²) in [6.07, 6.45) is 2.31. The van der Waals surface area contributed by atoms with Crippen molar-refractivity contribution in [1.82, 2.24) is 14.9 Å². The molecule has 7 nitrogen and oxygen atoms in total. The summed E-state index contributed by atoms with van der Waals surface area (Å²) < 4.78 is 16.4. The number of benzene rings is 1. The SMILES string of the molecule is COc1cc(OCCCN2CCOCC2)cc2nc[nH]c(=O)c12. The van der Waals surface area contributed by atoms with Crippen molar-refractivity contribution >= 4 is 10.9 Å². The van der Waals surface area contributed by atoms with Crippen molar-refractivity contribution in [1.29, 1.82) is 0 Å². The maximum Gasteiger partial charge on any atom is 0.262 e. The third-order valence-electron chi connectivity index (χ3n) is 3.89. The van der Waals surface area contributed by atoms with E-state index in [1.807, 2.05) is 0 Å². The number of hydrogen-bond acceptors (Lipinski definition) is 6. The van der Waals surface area contributed by atoms with E-state index in [1.165, 1.54) is 13.4 Å². The molecule has 2 heterocycles. The van der Waals surface area contributed by atoms with Crippen LogP contribution in [0.4, 0.5) is 0 Å². The lowest BCUT2D eigenvalue weighted by Gasteiger charge is -2.26. The van der Waals surface area contributed by atoms with Crippen LogP contribution in [0.2, 0.25) is 0 Å². The number of aromatic amines is 1. The fourth-order valence-electron chi connectivity index (χ4n) is 2.69. The van der Waals surface area contributed by atoms with E-state index < -0.39 is 0 Å². The van der Waals surface area contributed by atoms with Gasteiger partial charge < -0.3 is 19.2 Å². The minimum absolute atomic E-state index is 0.217. The monoisotopic (exact) mass is 319 g/mol. The van der Waals surface area contributed by atoms with Crippen LogP contribution in [0, 0.1) is 0 Å². The van der Waals surface area contributed by atoms with Crippen LogP contribution in [0.15, 0.2) is 23.3 Å². The Labute approximate surface area is 134 Å². The average Bonchev–Trinajstić information content (AvgIpc) is 2.59. The second-order valence-electron chi connectivity index (χ2n) is 5.41. The molecule has 0 saturated carbocycles. The summed E-state index contributed by atoms with van der Waals surface area (Å²) in [4.78, 5) is 21.0. The highest BCUT2D eigenvalue weighted by atomic mass is 16.5. The summed E-state index contributed by atoms with van der Waals surface area (Å²) in [7, 11) is 1.53. The van der Waals surface area contributed by atoms with Crippen molar-refractivity contribution in [3.05, 3.63) is 28.8 Å². The zero-order valence-corrected chi connectivity index (χ0v) is 13.2.